The summed E-state index contributed by atoms with van der Waals surface area (Å²) in [4.78, 5) is 4.03. The van der Waals surface area contributed by atoms with E-state index in [0.717, 1.165) is 0 Å². The molecule has 2 heterocycles. The zero-order valence-corrected chi connectivity index (χ0v) is 13.1. The number of furan rings is 1. The SMILES string of the molecule is COc1ccc(-c2cc(-c3ccco3)nc(O)c2C#N)cc1OC. The summed E-state index contributed by atoms with van der Waals surface area (Å²) in [6.07, 6.45) is 1.52. The van der Waals surface area contributed by atoms with E-state index < -0.39 is 0 Å². The van der Waals surface area contributed by atoms with Crippen LogP contribution in [0.3, 0.4) is 0 Å². The van der Waals surface area contributed by atoms with E-state index >= 15 is 0 Å². The maximum Gasteiger partial charge on any atom is 0.230 e. The van der Waals surface area contributed by atoms with E-state index in [1.165, 1.54) is 13.4 Å². The summed E-state index contributed by atoms with van der Waals surface area (Å²) < 4.78 is 15.8. The lowest BCUT2D eigenvalue weighted by Gasteiger charge is -2.12. The molecule has 120 valence electrons. The molecule has 0 spiro atoms. The van der Waals surface area contributed by atoms with Crippen LogP contribution in [0.5, 0.6) is 17.4 Å². The third-order valence-electron chi connectivity index (χ3n) is 3.58. The number of ether oxygens (including phenoxy) is 2. The maximum absolute atomic E-state index is 10.1. The van der Waals surface area contributed by atoms with Gasteiger partial charge in [0.25, 0.3) is 0 Å². The second-order valence-electron chi connectivity index (χ2n) is 4.91. The van der Waals surface area contributed by atoms with Crippen molar-refractivity contribution in [3.8, 4) is 46.0 Å². The van der Waals surface area contributed by atoms with Crippen LogP contribution in [-0.4, -0.2) is 24.3 Å². The number of rotatable bonds is 4. The molecule has 0 aliphatic heterocycles. The van der Waals surface area contributed by atoms with Gasteiger partial charge in [-0.2, -0.15) is 5.26 Å². The maximum atomic E-state index is 10.1. The molecule has 0 saturated carbocycles. The summed E-state index contributed by atoms with van der Waals surface area (Å²) >= 11 is 0. The zero-order valence-electron chi connectivity index (χ0n) is 13.1. The van der Waals surface area contributed by atoms with E-state index in [9.17, 15) is 10.4 Å². The van der Waals surface area contributed by atoms with Crippen LogP contribution in [-0.2, 0) is 0 Å². The molecule has 1 aromatic carbocycles. The smallest absolute Gasteiger partial charge is 0.230 e. The fourth-order valence-corrected chi connectivity index (χ4v) is 2.42. The molecule has 0 bridgehead atoms. The topological polar surface area (TPSA) is 88.5 Å². The second kappa shape index (κ2) is 6.34. The largest absolute Gasteiger partial charge is 0.493 e. The number of benzene rings is 1. The van der Waals surface area contributed by atoms with Crippen LogP contribution in [0.25, 0.3) is 22.6 Å². The molecule has 6 nitrogen and oxygen atoms in total. The van der Waals surface area contributed by atoms with Gasteiger partial charge in [0.15, 0.2) is 17.3 Å². The first kappa shape index (κ1) is 15.4. The molecular weight excluding hydrogens is 308 g/mol. The fraction of sp³-hybridized carbons (Fsp3) is 0.111. The standard InChI is InChI=1S/C18H14N2O4/c1-22-16-6-5-11(8-17(16)23-2)12-9-14(15-4-3-7-24-15)20-18(21)13(12)10-19/h3-9H,1-2H3,(H,20,21). The highest BCUT2D eigenvalue weighted by molar-refractivity contribution is 5.78. The molecule has 2 aromatic heterocycles. The van der Waals surface area contributed by atoms with Crippen molar-refractivity contribution in [1.29, 1.82) is 5.26 Å². The lowest BCUT2D eigenvalue weighted by molar-refractivity contribution is 0.355. The van der Waals surface area contributed by atoms with Gasteiger partial charge in [-0.3, -0.25) is 0 Å². The van der Waals surface area contributed by atoms with Gasteiger partial charge < -0.3 is 19.0 Å². The fourth-order valence-electron chi connectivity index (χ4n) is 2.42. The van der Waals surface area contributed by atoms with Gasteiger partial charge in [-0.1, -0.05) is 6.07 Å². The van der Waals surface area contributed by atoms with Crippen LogP contribution in [0, 0.1) is 11.3 Å². The highest BCUT2D eigenvalue weighted by Gasteiger charge is 2.17. The number of hydrogen-bond acceptors (Lipinski definition) is 6. The molecule has 0 saturated heterocycles. The zero-order chi connectivity index (χ0) is 17.1. The third-order valence-corrected chi connectivity index (χ3v) is 3.58. The molecule has 0 amide bonds. The quantitative estimate of drug-likeness (QED) is 0.789. The van der Waals surface area contributed by atoms with Crippen LogP contribution in [0.4, 0.5) is 0 Å². The Morgan fingerprint density at radius 2 is 1.92 bits per heavy atom. The predicted octanol–water partition coefficient (Wildman–Crippen LogP) is 3.60. The van der Waals surface area contributed by atoms with E-state index in [4.69, 9.17) is 13.9 Å². The summed E-state index contributed by atoms with van der Waals surface area (Å²) in [6.45, 7) is 0. The Balaban J connectivity index is 2.21. The van der Waals surface area contributed by atoms with Crippen molar-refractivity contribution >= 4 is 0 Å². The Hall–Kier alpha value is -3.46. The Bertz CT molecular complexity index is 912. The summed E-state index contributed by atoms with van der Waals surface area (Å²) in [5.41, 5.74) is 1.73. The van der Waals surface area contributed by atoms with E-state index in [1.807, 2.05) is 6.07 Å². The molecule has 3 rings (SSSR count). The van der Waals surface area contributed by atoms with Gasteiger partial charge >= 0.3 is 0 Å². The molecule has 0 aliphatic carbocycles. The number of pyridine rings is 1. The highest BCUT2D eigenvalue weighted by Crippen LogP contribution is 2.37. The van der Waals surface area contributed by atoms with Gasteiger partial charge in [-0.05, 0) is 35.9 Å². The minimum atomic E-state index is -0.351. The molecule has 3 aromatic rings. The van der Waals surface area contributed by atoms with Gasteiger partial charge in [-0.15, -0.1) is 0 Å². The Morgan fingerprint density at radius 3 is 2.54 bits per heavy atom. The van der Waals surface area contributed by atoms with Crippen LogP contribution < -0.4 is 9.47 Å². The van der Waals surface area contributed by atoms with Gasteiger partial charge in [0.05, 0.1) is 20.5 Å². The Labute approximate surface area is 138 Å². The monoisotopic (exact) mass is 322 g/mol. The summed E-state index contributed by atoms with van der Waals surface area (Å²) in [6, 6.07) is 12.4. The molecule has 1 N–H and O–H groups in total. The van der Waals surface area contributed by atoms with Crippen molar-refractivity contribution in [1.82, 2.24) is 4.98 Å². The molecule has 0 radical (unpaired) electrons. The average molecular weight is 322 g/mol. The first-order valence-electron chi connectivity index (χ1n) is 7.08. The molecule has 6 heteroatoms. The Morgan fingerprint density at radius 1 is 1.12 bits per heavy atom. The highest BCUT2D eigenvalue weighted by atomic mass is 16.5. The number of nitrogens with zero attached hydrogens (tertiary/aromatic N) is 2. The average Bonchev–Trinajstić information content (AvgIpc) is 3.15. The number of methoxy groups -OCH3 is 2. The number of nitriles is 1. The number of aromatic nitrogens is 1. The first-order chi connectivity index (χ1) is 11.7. The van der Waals surface area contributed by atoms with Gasteiger partial charge in [0.1, 0.15) is 17.3 Å². The molecular formula is C18H14N2O4. The molecule has 0 aliphatic rings. The number of aromatic hydroxyl groups is 1. The predicted molar refractivity (Wildman–Crippen MR) is 86.9 cm³/mol. The Kier molecular flexibility index (Phi) is 4.08. The first-order valence-corrected chi connectivity index (χ1v) is 7.08. The van der Waals surface area contributed by atoms with Crippen molar-refractivity contribution in [3.63, 3.8) is 0 Å². The van der Waals surface area contributed by atoms with Crippen molar-refractivity contribution in [2.24, 2.45) is 0 Å². The summed E-state index contributed by atoms with van der Waals surface area (Å²) in [7, 11) is 3.08. The van der Waals surface area contributed by atoms with Crippen molar-refractivity contribution < 1.29 is 19.0 Å². The van der Waals surface area contributed by atoms with Crippen molar-refractivity contribution in [2.75, 3.05) is 14.2 Å². The van der Waals surface area contributed by atoms with Crippen molar-refractivity contribution in [3.05, 3.63) is 48.2 Å². The van der Waals surface area contributed by atoms with E-state index in [0.29, 0.717) is 34.1 Å². The minimum absolute atomic E-state index is 0.0810. The third kappa shape index (κ3) is 2.63. The van der Waals surface area contributed by atoms with E-state index in [2.05, 4.69) is 4.98 Å². The van der Waals surface area contributed by atoms with E-state index in [1.54, 1.807) is 43.5 Å². The molecule has 0 atom stereocenters. The van der Waals surface area contributed by atoms with Crippen LogP contribution >= 0.6 is 0 Å². The van der Waals surface area contributed by atoms with Crippen molar-refractivity contribution in [2.45, 2.75) is 0 Å². The van der Waals surface area contributed by atoms with Crippen LogP contribution in [0.2, 0.25) is 0 Å². The molecule has 24 heavy (non-hydrogen) atoms. The van der Waals surface area contributed by atoms with Crippen LogP contribution in [0.15, 0.2) is 47.1 Å². The molecule has 0 fully saturated rings. The number of hydrogen-bond donors (Lipinski definition) is 1. The minimum Gasteiger partial charge on any atom is -0.493 e. The lowest BCUT2D eigenvalue weighted by atomic mass is 9.99. The normalized spacial score (nSPS) is 10.2. The summed E-state index contributed by atoms with van der Waals surface area (Å²) in [5, 5.41) is 19.5. The van der Waals surface area contributed by atoms with Crippen LogP contribution in [0.1, 0.15) is 5.56 Å². The van der Waals surface area contributed by atoms with E-state index in [-0.39, 0.29) is 11.4 Å². The van der Waals surface area contributed by atoms with Gasteiger partial charge in [0.2, 0.25) is 5.88 Å². The van der Waals surface area contributed by atoms with Gasteiger partial charge in [0, 0.05) is 5.56 Å². The summed E-state index contributed by atoms with van der Waals surface area (Å²) in [5.74, 6) is 1.24. The second-order valence-corrected chi connectivity index (χ2v) is 4.91. The lowest BCUT2D eigenvalue weighted by Crippen LogP contribution is -1.94. The van der Waals surface area contributed by atoms with Gasteiger partial charge in [-0.25, -0.2) is 4.98 Å². The molecule has 0 unspecified atom stereocenters.